The highest BCUT2D eigenvalue weighted by Gasteiger charge is 2.23. The van der Waals surface area contributed by atoms with Crippen molar-refractivity contribution < 1.29 is 14.6 Å². The van der Waals surface area contributed by atoms with Crippen LogP contribution < -0.4 is 14.4 Å². The number of hydrogen-bond acceptors (Lipinski definition) is 7. The number of aromatic nitrogens is 4. The summed E-state index contributed by atoms with van der Waals surface area (Å²) in [6.07, 6.45) is 3.37. The molecule has 3 aromatic heterocycles. The van der Waals surface area contributed by atoms with Gasteiger partial charge in [-0.25, -0.2) is 4.98 Å². The van der Waals surface area contributed by atoms with E-state index in [0.717, 1.165) is 40.9 Å². The summed E-state index contributed by atoms with van der Waals surface area (Å²) in [6, 6.07) is 7.68. The number of halogens is 2. The number of aryl methyl sites for hydroxylation is 1. The van der Waals surface area contributed by atoms with E-state index in [0.29, 0.717) is 39.3 Å². The first-order valence-corrected chi connectivity index (χ1v) is 12.0. The SMILES string of the molecule is COc1cc2[nH]nc(-c3ccc(N4CC[C@@H](O)C4)nc3)c2cc1O[C@H](C)c1c(Cl)cnc(C)c1Cl. The largest absolute Gasteiger partial charge is 0.493 e. The number of rotatable bonds is 6. The number of nitrogens with zero attached hydrogens (tertiary/aromatic N) is 4. The first kappa shape index (κ1) is 23.7. The number of fused-ring (bicyclic) bond motifs is 1. The molecule has 0 spiro atoms. The number of aromatic amines is 1. The van der Waals surface area contributed by atoms with Crippen LogP contribution in [0.3, 0.4) is 0 Å². The lowest BCUT2D eigenvalue weighted by atomic mass is 10.1. The Morgan fingerprint density at radius 3 is 2.69 bits per heavy atom. The number of ether oxygens (including phenoxy) is 2. The van der Waals surface area contributed by atoms with Crippen LogP contribution in [0.1, 0.15) is 30.7 Å². The summed E-state index contributed by atoms with van der Waals surface area (Å²) in [5.41, 5.74) is 3.76. The standard InChI is InChI=1S/C25H25Cl2N5O3/c1-13-24(27)23(18(26)11-28-13)14(2)35-21-8-17-19(9-20(21)34-3)30-31-25(17)15-4-5-22(29-10-15)32-7-6-16(33)12-32/h4-5,8-11,14,16,33H,6-7,12H2,1-3H3,(H,30,31)/t14-,16-/m1/s1. The number of pyridine rings is 2. The van der Waals surface area contributed by atoms with Gasteiger partial charge in [0, 0.05) is 48.1 Å². The molecule has 0 amide bonds. The van der Waals surface area contributed by atoms with E-state index in [1.807, 2.05) is 38.1 Å². The van der Waals surface area contributed by atoms with E-state index in [2.05, 4.69) is 25.1 Å². The minimum atomic E-state index is -0.449. The van der Waals surface area contributed by atoms with Gasteiger partial charge in [0.2, 0.25) is 0 Å². The maximum Gasteiger partial charge on any atom is 0.162 e. The van der Waals surface area contributed by atoms with Crippen LogP contribution in [0, 0.1) is 6.92 Å². The van der Waals surface area contributed by atoms with E-state index in [-0.39, 0.29) is 6.10 Å². The number of nitrogens with one attached hydrogen (secondary N) is 1. The van der Waals surface area contributed by atoms with Crippen molar-refractivity contribution in [3.8, 4) is 22.8 Å². The number of aliphatic hydroxyl groups is 1. The molecule has 35 heavy (non-hydrogen) atoms. The molecule has 4 heterocycles. The highest BCUT2D eigenvalue weighted by atomic mass is 35.5. The Balaban J connectivity index is 1.48. The molecular formula is C25H25Cl2N5O3. The first-order valence-electron chi connectivity index (χ1n) is 11.3. The fraction of sp³-hybridized carbons (Fsp3) is 0.320. The summed E-state index contributed by atoms with van der Waals surface area (Å²) in [7, 11) is 1.59. The maximum atomic E-state index is 9.81. The van der Waals surface area contributed by atoms with Gasteiger partial charge < -0.3 is 19.5 Å². The molecule has 1 aromatic carbocycles. The van der Waals surface area contributed by atoms with E-state index < -0.39 is 6.10 Å². The van der Waals surface area contributed by atoms with Crippen LogP contribution >= 0.6 is 23.2 Å². The second-order valence-corrected chi connectivity index (χ2v) is 9.38. The van der Waals surface area contributed by atoms with Crippen molar-refractivity contribution >= 4 is 39.9 Å². The average molecular weight is 514 g/mol. The maximum absolute atomic E-state index is 9.81. The Labute approximate surface area is 212 Å². The molecule has 10 heteroatoms. The molecule has 1 aliphatic rings. The van der Waals surface area contributed by atoms with Gasteiger partial charge in [-0.2, -0.15) is 5.10 Å². The van der Waals surface area contributed by atoms with Crippen molar-refractivity contribution in [3.63, 3.8) is 0 Å². The van der Waals surface area contributed by atoms with Crippen LogP contribution in [0.25, 0.3) is 22.2 Å². The topological polar surface area (TPSA) is 96.4 Å². The van der Waals surface area contributed by atoms with Crippen LogP contribution in [0.2, 0.25) is 10.0 Å². The summed E-state index contributed by atoms with van der Waals surface area (Å²) >= 11 is 12.9. The molecule has 5 rings (SSSR count). The summed E-state index contributed by atoms with van der Waals surface area (Å²) in [4.78, 5) is 10.9. The van der Waals surface area contributed by atoms with Gasteiger partial charge >= 0.3 is 0 Å². The molecule has 1 aliphatic heterocycles. The van der Waals surface area contributed by atoms with Gasteiger partial charge in [-0.15, -0.1) is 0 Å². The predicted octanol–water partition coefficient (Wildman–Crippen LogP) is 5.35. The molecule has 4 aromatic rings. The lowest BCUT2D eigenvalue weighted by molar-refractivity contribution is 0.198. The van der Waals surface area contributed by atoms with Crippen LogP contribution in [0.5, 0.6) is 11.5 Å². The molecule has 0 saturated carbocycles. The fourth-order valence-corrected chi connectivity index (χ4v) is 5.01. The smallest absolute Gasteiger partial charge is 0.162 e. The summed E-state index contributed by atoms with van der Waals surface area (Å²) in [5.74, 6) is 1.93. The minimum Gasteiger partial charge on any atom is -0.493 e. The molecule has 0 bridgehead atoms. The first-order chi connectivity index (χ1) is 16.9. The lowest BCUT2D eigenvalue weighted by Gasteiger charge is -2.20. The van der Waals surface area contributed by atoms with Gasteiger partial charge in [-0.3, -0.25) is 10.1 Å². The number of H-pyrrole nitrogens is 1. The number of hydrogen-bond donors (Lipinski definition) is 2. The third kappa shape index (κ3) is 4.49. The van der Waals surface area contributed by atoms with Crippen LogP contribution in [-0.2, 0) is 0 Å². The third-order valence-corrected chi connectivity index (χ3v) is 7.03. The second kappa shape index (κ2) is 9.53. The van der Waals surface area contributed by atoms with Crippen LogP contribution in [0.15, 0.2) is 36.7 Å². The fourth-order valence-electron chi connectivity index (χ4n) is 4.36. The molecule has 2 atom stereocenters. The van der Waals surface area contributed by atoms with Crippen molar-refractivity contribution in [1.82, 2.24) is 20.2 Å². The molecule has 8 nitrogen and oxygen atoms in total. The minimum absolute atomic E-state index is 0.302. The number of aliphatic hydroxyl groups excluding tert-OH is 1. The zero-order chi connectivity index (χ0) is 24.7. The number of anilines is 1. The monoisotopic (exact) mass is 513 g/mol. The van der Waals surface area contributed by atoms with E-state index >= 15 is 0 Å². The van der Waals surface area contributed by atoms with Gasteiger partial charge in [-0.1, -0.05) is 23.2 Å². The summed E-state index contributed by atoms with van der Waals surface area (Å²) in [6.45, 7) is 5.10. The molecule has 2 N–H and O–H groups in total. The van der Waals surface area contributed by atoms with Crippen molar-refractivity contribution in [3.05, 3.63) is 58.0 Å². The third-order valence-electron chi connectivity index (χ3n) is 6.25. The zero-order valence-electron chi connectivity index (χ0n) is 19.5. The number of benzene rings is 1. The highest BCUT2D eigenvalue weighted by molar-refractivity contribution is 6.36. The van der Waals surface area contributed by atoms with Gasteiger partial charge in [-0.05, 0) is 38.5 Å². The molecule has 1 saturated heterocycles. The summed E-state index contributed by atoms with van der Waals surface area (Å²) < 4.78 is 11.9. The molecule has 0 unspecified atom stereocenters. The van der Waals surface area contributed by atoms with E-state index in [1.54, 1.807) is 19.5 Å². The van der Waals surface area contributed by atoms with Crippen molar-refractivity contribution in [2.24, 2.45) is 0 Å². The Morgan fingerprint density at radius 2 is 2.00 bits per heavy atom. The molecule has 0 aliphatic carbocycles. The Morgan fingerprint density at radius 1 is 1.17 bits per heavy atom. The highest BCUT2D eigenvalue weighted by Crippen LogP contribution is 2.40. The number of methoxy groups -OCH3 is 1. The van der Waals surface area contributed by atoms with E-state index in [9.17, 15) is 5.11 Å². The summed E-state index contributed by atoms with van der Waals surface area (Å²) in [5, 5.41) is 19.2. The quantitative estimate of drug-likeness (QED) is 0.358. The zero-order valence-corrected chi connectivity index (χ0v) is 21.1. The van der Waals surface area contributed by atoms with Gasteiger partial charge in [0.1, 0.15) is 17.6 Å². The van der Waals surface area contributed by atoms with Gasteiger partial charge in [0.15, 0.2) is 11.5 Å². The average Bonchev–Trinajstić information content (AvgIpc) is 3.47. The van der Waals surface area contributed by atoms with Crippen LogP contribution in [-0.4, -0.2) is 51.6 Å². The number of β-amino-alcohol motifs (C(OH)–C–C–N with tert-alkyl or cyclic N) is 1. The van der Waals surface area contributed by atoms with Crippen LogP contribution in [0.4, 0.5) is 5.82 Å². The molecule has 182 valence electrons. The van der Waals surface area contributed by atoms with Crippen molar-refractivity contribution in [2.45, 2.75) is 32.5 Å². The lowest BCUT2D eigenvalue weighted by Crippen LogP contribution is -2.21. The van der Waals surface area contributed by atoms with Gasteiger partial charge in [0.25, 0.3) is 0 Å². The molecular weight excluding hydrogens is 489 g/mol. The van der Waals surface area contributed by atoms with E-state index in [1.165, 1.54) is 0 Å². The normalized spacial score (nSPS) is 16.6. The molecule has 1 fully saturated rings. The Kier molecular flexibility index (Phi) is 6.44. The van der Waals surface area contributed by atoms with Crippen molar-refractivity contribution in [2.75, 3.05) is 25.1 Å². The molecule has 0 radical (unpaired) electrons. The van der Waals surface area contributed by atoms with Crippen molar-refractivity contribution in [1.29, 1.82) is 0 Å². The van der Waals surface area contributed by atoms with E-state index in [4.69, 9.17) is 32.7 Å². The second-order valence-electron chi connectivity index (χ2n) is 8.59. The van der Waals surface area contributed by atoms with Gasteiger partial charge in [0.05, 0.1) is 34.5 Å². The Hall–Kier alpha value is -3.07. The predicted molar refractivity (Wildman–Crippen MR) is 137 cm³/mol. The Bertz CT molecular complexity index is 1380.